The van der Waals surface area contributed by atoms with Crippen LogP contribution in [-0.2, 0) is 17.8 Å². The minimum atomic E-state index is -0.389. The number of pyridine rings is 2. The number of imidazole rings is 1. The van der Waals surface area contributed by atoms with Crippen molar-refractivity contribution in [2.75, 3.05) is 13.2 Å². The molecule has 4 aromatic rings. The molecule has 10 nitrogen and oxygen atoms in total. The van der Waals surface area contributed by atoms with E-state index in [9.17, 15) is 9.59 Å². The number of rotatable bonds is 7. The molecule has 1 saturated heterocycles. The topological polar surface area (TPSA) is 119 Å². The molecule has 0 spiro atoms. The highest BCUT2D eigenvalue weighted by Crippen LogP contribution is 2.13. The Balaban J connectivity index is 1.57. The summed E-state index contributed by atoms with van der Waals surface area (Å²) in [4.78, 5) is 35.2. The van der Waals surface area contributed by atoms with Crippen LogP contribution >= 0.6 is 0 Å². The molecule has 1 aliphatic heterocycles. The fourth-order valence-electron chi connectivity index (χ4n) is 4.37. The van der Waals surface area contributed by atoms with Crippen molar-refractivity contribution in [3.05, 3.63) is 70.1 Å². The third-order valence-electron chi connectivity index (χ3n) is 6.17. The van der Waals surface area contributed by atoms with Gasteiger partial charge in [0.15, 0.2) is 0 Å². The Morgan fingerprint density at radius 2 is 2.21 bits per heavy atom. The van der Waals surface area contributed by atoms with E-state index in [0.29, 0.717) is 49.3 Å². The zero-order valence-corrected chi connectivity index (χ0v) is 19.0. The minimum Gasteiger partial charge on any atom is -0.376 e. The van der Waals surface area contributed by atoms with E-state index in [0.717, 1.165) is 18.4 Å². The maximum absolute atomic E-state index is 13.4. The van der Waals surface area contributed by atoms with Crippen molar-refractivity contribution < 1.29 is 9.53 Å². The lowest BCUT2D eigenvalue weighted by atomic mass is 10.1. The zero-order valence-electron chi connectivity index (χ0n) is 19.0. The van der Waals surface area contributed by atoms with Crippen LogP contribution in [0, 0.1) is 12.3 Å². The second-order valence-corrected chi connectivity index (χ2v) is 8.65. The summed E-state index contributed by atoms with van der Waals surface area (Å²) in [6.07, 6.45) is 9.60. The second-order valence-electron chi connectivity index (χ2n) is 8.65. The van der Waals surface area contributed by atoms with Gasteiger partial charge in [0, 0.05) is 44.8 Å². The molecule has 4 aromatic heterocycles. The monoisotopic (exact) mass is 461 g/mol. The Bertz CT molecular complexity index is 1460. The van der Waals surface area contributed by atoms with E-state index in [1.54, 1.807) is 29.4 Å². The molecule has 5 rings (SSSR count). The summed E-state index contributed by atoms with van der Waals surface area (Å²) in [6.45, 7) is 4.10. The summed E-state index contributed by atoms with van der Waals surface area (Å²) >= 11 is 0. The average molecular weight is 462 g/mol. The van der Waals surface area contributed by atoms with E-state index in [-0.39, 0.29) is 28.6 Å². The van der Waals surface area contributed by atoms with Crippen molar-refractivity contribution in [3.63, 3.8) is 0 Å². The third-order valence-corrected chi connectivity index (χ3v) is 6.17. The molecule has 176 valence electrons. The van der Waals surface area contributed by atoms with E-state index in [2.05, 4.69) is 10.3 Å². The number of ether oxygens (including phenoxy) is 1. The highest BCUT2D eigenvalue weighted by molar-refractivity contribution is 5.96. The van der Waals surface area contributed by atoms with Gasteiger partial charge in [0.05, 0.1) is 23.4 Å². The van der Waals surface area contributed by atoms with Gasteiger partial charge in [-0.15, -0.1) is 0 Å². The van der Waals surface area contributed by atoms with Gasteiger partial charge in [-0.25, -0.2) is 9.97 Å². The van der Waals surface area contributed by atoms with Gasteiger partial charge in [0.1, 0.15) is 16.8 Å². The molecule has 0 radical (unpaired) electrons. The fourth-order valence-corrected chi connectivity index (χ4v) is 4.37. The molecule has 5 heterocycles. The molecule has 1 amide bonds. The molecule has 1 fully saturated rings. The van der Waals surface area contributed by atoms with Gasteiger partial charge in [0.2, 0.25) is 0 Å². The molecule has 0 unspecified atom stereocenters. The molecule has 0 aliphatic carbocycles. The normalized spacial score (nSPS) is 15.9. The smallest absolute Gasteiger partial charge is 0.267 e. The molecule has 0 aromatic carbocycles. The van der Waals surface area contributed by atoms with Crippen molar-refractivity contribution in [1.82, 2.24) is 28.8 Å². The Kier molecular flexibility index (Phi) is 5.97. The number of carbonyl (C=O) groups excluding carboxylic acids is 1. The van der Waals surface area contributed by atoms with Crippen LogP contribution in [0.1, 0.15) is 35.2 Å². The first-order valence-corrected chi connectivity index (χ1v) is 11.5. The first-order chi connectivity index (χ1) is 16.5. The number of nitrogens with zero attached hydrogens (tertiary/aromatic N) is 5. The van der Waals surface area contributed by atoms with E-state index < -0.39 is 0 Å². The van der Waals surface area contributed by atoms with Crippen LogP contribution in [0.15, 0.2) is 47.9 Å². The largest absolute Gasteiger partial charge is 0.376 e. The van der Waals surface area contributed by atoms with Gasteiger partial charge in [-0.05, 0) is 43.9 Å². The van der Waals surface area contributed by atoms with Crippen LogP contribution in [-0.4, -0.2) is 48.7 Å². The summed E-state index contributed by atoms with van der Waals surface area (Å²) in [5, 5.41) is 12.0. The van der Waals surface area contributed by atoms with Gasteiger partial charge >= 0.3 is 0 Å². The summed E-state index contributed by atoms with van der Waals surface area (Å²) in [6, 6.07) is 5.18. The van der Waals surface area contributed by atoms with Gasteiger partial charge in [-0.3, -0.25) is 19.4 Å². The summed E-state index contributed by atoms with van der Waals surface area (Å²) in [7, 11) is 0. The fraction of sp³-hybridized carbons (Fsp3) is 0.375. The molecule has 1 aliphatic rings. The maximum atomic E-state index is 13.4. The van der Waals surface area contributed by atoms with Crippen LogP contribution in [0.4, 0.5) is 0 Å². The third kappa shape index (κ3) is 4.24. The van der Waals surface area contributed by atoms with Crippen LogP contribution < -0.4 is 16.4 Å². The molecule has 0 bridgehead atoms. The van der Waals surface area contributed by atoms with Crippen molar-refractivity contribution in [2.24, 2.45) is 0 Å². The first kappa shape index (κ1) is 22.0. The molecule has 0 saturated carbocycles. The SMILES string of the molecule is Cc1ccc2nc3c(cc(C(=O)NC[C@H]4CCCO4)c(=N)n3CCCn3ccnc3)c(=O)n2c1. The predicted octanol–water partition coefficient (Wildman–Crippen LogP) is 1.63. The number of aromatic nitrogens is 5. The summed E-state index contributed by atoms with van der Waals surface area (Å²) in [5.41, 5.74) is 1.75. The van der Waals surface area contributed by atoms with Crippen molar-refractivity contribution in [1.29, 1.82) is 5.41 Å². The summed E-state index contributed by atoms with van der Waals surface area (Å²) < 4.78 is 10.7. The van der Waals surface area contributed by atoms with E-state index in [1.807, 2.05) is 23.8 Å². The Labute approximate surface area is 195 Å². The predicted molar refractivity (Wildman–Crippen MR) is 126 cm³/mol. The molecule has 10 heteroatoms. The average Bonchev–Trinajstić information content (AvgIpc) is 3.54. The number of aryl methyl sites for hydroxylation is 3. The quantitative estimate of drug-likeness (QED) is 0.406. The highest BCUT2D eigenvalue weighted by Gasteiger charge is 2.20. The van der Waals surface area contributed by atoms with Gasteiger partial charge in [-0.2, -0.15) is 0 Å². The number of fused-ring (bicyclic) bond motifs is 2. The van der Waals surface area contributed by atoms with Crippen molar-refractivity contribution >= 4 is 22.6 Å². The highest BCUT2D eigenvalue weighted by atomic mass is 16.5. The van der Waals surface area contributed by atoms with Gasteiger partial charge in [-0.1, -0.05) is 6.07 Å². The molecular weight excluding hydrogens is 434 g/mol. The number of amides is 1. The number of carbonyl (C=O) groups is 1. The summed E-state index contributed by atoms with van der Waals surface area (Å²) in [5.74, 6) is -0.389. The van der Waals surface area contributed by atoms with Crippen LogP contribution in [0.3, 0.4) is 0 Å². The van der Waals surface area contributed by atoms with Gasteiger partial charge < -0.3 is 19.2 Å². The first-order valence-electron chi connectivity index (χ1n) is 11.5. The number of hydrogen-bond donors (Lipinski definition) is 2. The van der Waals surface area contributed by atoms with Crippen LogP contribution in [0.2, 0.25) is 0 Å². The Morgan fingerprint density at radius 1 is 1.32 bits per heavy atom. The number of hydrogen-bond acceptors (Lipinski definition) is 6. The van der Waals surface area contributed by atoms with Crippen molar-refractivity contribution in [3.8, 4) is 0 Å². The lowest BCUT2D eigenvalue weighted by Crippen LogP contribution is -2.38. The second kappa shape index (κ2) is 9.22. The number of nitrogens with one attached hydrogen (secondary N) is 2. The standard InChI is InChI=1S/C24H27N7O3/c1-16-5-6-20-28-22-19(24(33)31(20)14-16)12-18(23(32)27-13-17-4-2-11-34-17)21(25)30(22)9-3-8-29-10-7-26-15-29/h5-7,10,12,14-15,17,25H,2-4,8-9,11,13H2,1H3,(H,27,32)/t17-/m1/s1. The maximum Gasteiger partial charge on any atom is 0.267 e. The Morgan fingerprint density at radius 3 is 2.97 bits per heavy atom. The van der Waals surface area contributed by atoms with Gasteiger partial charge in [0.25, 0.3) is 11.5 Å². The lowest BCUT2D eigenvalue weighted by molar-refractivity contribution is 0.0855. The zero-order chi connectivity index (χ0) is 23.7. The minimum absolute atomic E-state index is 0.0138. The van der Waals surface area contributed by atoms with E-state index in [1.165, 1.54) is 10.5 Å². The Hall–Kier alpha value is -3.79. The van der Waals surface area contributed by atoms with Crippen LogP contribution in [0.5, 0.6) is 0 Å². The molecule has 1 atom stereocenters. The van der Waals surface area contributed by atoms with Crippen LogP contribution in [0.25, 0.3) is 16.7 Å². The molecule has 2 N–H and O–H groups in total. The van der Waals surface area contributed by atoms with E-state index >= 15 is 0 Å². The van der Waals surface area contributed by atoms with Crippen molar-refractivity contribution in [2.45, 2.75) is 45.4 Å². The molecular formula is C24H27N7O3. The molecule has 34 heavy (non-hydrogen) atoms. The van der Waals surface area contributed by atoms with E-state index in [4.69, 9.17) is 15.1 Å². The lowest BCUT2D eigenvalue weighted by Gasteiger charge is -2.16.